The van der Waals surface area contributed by atoms with Gasteiger partial charge in [-0.1, -0.05) is 76.9 Å². The molecular weight excluding hydrogens is 566 g/mol. The van der Waals surface area contributed by atoms with Gasteiger partial charge in [-0.2, -0.15) is 8.78 Å². The van der Waals surface area contributed by atoms with Crippen molar-refractivity contribution < 1.29 is 32.6 Å². The third kappa shape index (κ3) is 22.3. The predicted octanol–water partition coefficient (Wildman–Crippen LogP) is 8.27. The number of hydrogen-bond donors (Lipinski definition) is 0. The molecule has 0 bridgehead atoms. The summed E-state index contributed by atoms with van der Waals surface area (Å²) in [5.41, 5.74) is 0. The predicted molar refractivity (Wildman–Crippen MR) is 175 cm³/mol. The summed E-state index contributed by atoms with van der Waals surface area (Å²) in [6.45, 7) is 5.06. The van der Waals surface area contributed by atoms with Crippen LogP contribution in [-0.4, -0.2) is 80.5 Å². The molecule has 1 unspecified atom stereocenters. The molecule has 1 atom stereocenters. The van der Waals surface area contributed by atoms with Gasteiger partial charge in [0.05, 0.1) is 13.7 Å². The minimum absolute atomic E-state index is 0.0923. The number of carbonyl (C=O) groups is 3. The second-order valence-corrected chi connectivity index (χ2v) is 11.9. The number of rotatable bonds is 28. The van der Waals surface area contributed by atoms with Crippen LogP contribution in [0.3, 0.4) is 0 Å². The highest BCUT2D eigenvalue weighted by Gasteiger charge is 2.37. The quantitative estimate of drug-likeness (QED) is 0.0376. The Balaban J connectivity index is 5.29. The summed E-state index contributed by atoms with van der Waals surface area (Å²) in [5.74, 6) is -5.36. The van der Waals surface area contributed by atoms with E-state index in [1.54, 1.807) is 0 Å². The summed E-state index contributed by atoms with van der Waals surface area (Å²) in [6.07, 6.45) is 22.6. The number of nitrogens with zero attached hydrogens (tertiary/aromatic N) is 2. The van der Waals surface area contributed by atoms with E-state index in [1.807, 2.05) is 20.2 Å². The van der Waals surface area contributed by atoms with Crippen molar-refractivity contribution in [1.82, 2.24) is 9.80 Å². The highest BCUT2D eigenvalue weighted by Crippen LogP contribution is 2.22. The van der Waals surface area contributed by atoms with Crippen molar-refractivity contribution >= 4 is 17.8 Å². The van der Waals surface area contributed by atoms with Gasteiger partial charge in [-0.25, -0.2) is 9.59 Å². The molecule has 0 aromatic rings. The van der Waals surface area contributed by atoms with Crippen molar-refractivity contribution in [2.45, 2.75) is 141 Å². The zero-order valence-electron chi connectivity index (χ0n) is 28.4. The molecule has 1 amide bonds. The average Bonchev–Trinajstić information content (AvgIpc) is 2.98. The first-order chi connectivity index (χ1) is 21.1. The molecule has 0 aliphatic carbocycles. The van der Waals surface area contributed by atoms with E-state index in [9.17, 15) is 23.2 Å². The van der Waals surface area contributed by atoms with Crippen LogP contribution in [0.5, 0.6) is 0 Å². The fourth-order valence-corrected chi connectivity index (χ4v) is 5.13. The number of hydrogen-bond acceptors (Lipinski definition) is 6. The third-order valence-corrected chi connectivity index (χ3v) is 7.66. The number of carbonyl (C=O) groups excluding carboxylic acids is 3. The van der Waals surface area contributed by atoms with Crippen LogP contribution in [0.4, 0.5) is 8.78 Å². The zero-order valence-corrected chi connectivity index (χ0v) is 28.4. The number of amides is 1. The summed E-state index contributed by atoms with van der Waals surface area (Å²) in [5, 5.41) is 0. The standard InChI is InChI=1S/C35H62F2N2O5/c1-6-8-9-10-11-12-13-18-24-31(25-19-14-15-20-27-33(41)43-5)39(32(40)26-23-29-38(3)4)30-22-17-16-21-28-35(36,37)34(42)44-7-2/h20-21,27-28,31H,6-19,22-26,29-30H2,1-5H3/b27-20?,28-21+. The Morgan fingerprint density at radius 2 is 1.36 bits per heavy atom. The summed E-state index contributed by atoms with van der Waals surface area (Å²) in [4.78, 5) is 40.4. The summed E-state index contributed by atoms with van der Waals surface area (Å²) in [7, 11) is 5.36. The van der Waals surface area contributed by atoms with Gasteiger partial charge in [0.2, 0.25) is 5.91 Å². The number of unbranched alkanes of at least 4 members (excludes halogenated alkanes) is 11. The fraction of sp³-hybridized carbons (Fsp3) is 0.800. The normalized spacial score (nSPS) is 12.7. The lowest BCUT2D eigenvalue weighted by Gasteiger charge is -2.33. The Bertz CT molecular complexity index is 817. The molecule has 0 aromatic carbocycles. The third-order valence-electron chi connectivity index (χ3n) is 7.66. The maximum atomic E-state index is 13.9. The number of alkyl halides is 2. The van der Waals surface area contributed by atoms with Crippen LogP contribution < -0.4 is 0 Å². The smallest absolute Gasteiger partial charge is 0.381 e. The molecule has 0 radical (unpaired) electrons. The van der Waals surface area contributed by atoms with Gasteiger partial charge >= 0.3 is 17.9 Å². The lowest BCUT2D eigenvalue weighted by Crippen LogP contribution is -2.41. The van der Waals surface area contributed by atoms with E-state index in [0.717, 1.165) is 57.9 Å². The van der Waals surface area contributed by atoms with Gasteiger partial charge in [-0.3, -0.25) is 4.79 Å². The van der Waals surface area contributed by atoms with Crippen molar-refractivity contribution in [2.24, 2.45) is 0 Å². The highest BCUT2D eigenvalue weighted by atomic mass is 19.3. The molecule has 0 heterocycles. The second-order valence-electron chi connectivity index (χ2n) is 11.9. The Hall–Kier alpha value is -2.29. The van der Waals surface area contributed by atoms with Crippen molar-refractivity contribution in [1.29, 1.82) is 0 Å². The number of esters is 2. The van der Waals surface area contributed by atoms with Gasteiger partial charge in [0.25, 0.3) is 0 Å². The zero-order chi connectivity index (χ0) is 33.1. The molecule has 0 aliphatic rings. The molecule has 0 rings (SSSR count). The van der Waals surface area contributed by atoms with E-state index in [4.69, 9.17) is 0 Å². The number of ether oxygens (including phenoxy) is 2. The van der Waals surface area contributed by atoms with Crippen LogP contribution in [0, 0.1) is 0 Å². The summed E-state index contributed by atoms with van der Waals surface area (Å²) < 4.78 is 36.9. The molecule has 0 aromatic heterocycles. The Morgan fingerprint density at radius 3 is 1.98 bits per heavy atom. The maximum Gasteiger partial charge on any atom is 0.381 e. The van der Waals surface area contributed by atoms with Crippen molar-refractivity contribution in [2.75, 3.05) is 40.9 Å². The second kappa shape index (κ2) is 27.1. The first kappa shape index (κ1) is 41.7. The van der Waals surface area contributed by atoms with Crippen LogP contribution in [0.1, 0.15) is 129 Å². The van der Waals surface area contributed by atoms with Gasteiger partial charge in [0.1, 0.15) is 0 Å². The van der Waals surface area contributed by atoms with Crippen LogP contribution in [0.2, 0.25) is 0 Å². The molecule has 0 saturated carbocycles. The minimum Gasteiger partial charge on any atom is -0.466 e. The molecule has 9 heteroatoms. The first-order valence-corrected chi connectivity index (χ1v) is 17.0. The van der Waals surface area contributed by atoms with E-state index in [-0.39, 0.29) is 24.5 Å². The van der Waals surface area contributed by atoms with Gasteiger partial charge in [0, 0.05) is 25.1 Å². The van der Waals surface area contributed by atoms with Crippen molar-refractivity contribution in [3.8, 4) is 0 Å². The van der Waals surface area contributed by atoms with Gasteiger partial charge in [-0.15, -0.1) is 0 Å². The highest BCUT2D eigenvalue weighted by molar-refractivity contribution is 5.81. The maximum absolute atomic E-state index is 13.9. The van der Waals surface area contributed by atoms with E-state index in [0.29, 0.717) is 38.3 Å². The van der Waals surface area contributed by atoms with Crippen LogP contribution in [0.15, 0.2) is 24.3 Å². The monoisotopic (exact) mass is 628 g/mol. The van der Waals surface area contributed by atoms with Gasteiger partial charge in [0.15, 0.2) is 0 Å². The van der Waals surface area contributed by atoms with Gasteiger partial charge in [-0.05, 0) is 85.0 Å². The molecule has 0 N–H and O–H groups in total. The Morgan fingerprint density at radius 1 is 0.773 bits per heavy atom. The first-order valence-electron chi connectivity index (χ1n) is 17.0. The molecule has 0 fully saturated rings. The minimum atomic E-state index is -3.63. The van der Waals surface area contributed by atoms with E-state index in [1.165, 1.54) is 64.7 Å². The van der Waals surface area contributed by atoms with E-state index >= 15 is 0 Å². The Kier molecular flexibility index (Phi) is 25.6. The molecular formula is C35H62F2N2O5. The molecule has 0 aliphatic heterocycles. The lowest BCUT2D eigenvalue weighted by molar-refractivity contribution is -0.164. The summed E-state index contributed by atoms with van der Waals surface area (Å²) >= 11 is 0. The largest absolute Gasteiger partial charge is 0.466 e. The topological polar surface area (TPSA) is 76.1 Å². The molecule has 7 nitrogen and oxygen atoms in total. The Labute approximate surface area is 266 Å². The number of halogens is 2. The van der Waals surface area contributed by atoms with E-state index < -0.39 is 11.9 Å². The molecule has 256 valence electrons. The fourth-order valence-electron chi connectivity index (χ4n) is 5.13. The van der Waals surface area contributed by atoms with Crippen LogP contribution in [-0.2, 0) is 23.9 Å². The average molecular weight is 629 g/mol. The molecule has 0 saturated heterocycles. The number of methoxy groups -OCH3 is 1. The van der Waals surface area contributed by atoms with Crippen molar-refractivity contribution in [3.63, 3.8) is 0 Å². The van der Waals surface area contributed by atoms with Crippen LogP contribution >= 0.6 is 0 Å². The van der Waals surface area contributed by atoms with Crippen molar-refractivity contribution in [3.05, 3.63) is 24.3 Å². The SMILES string of the molecule is CCCCCCCCCCC(CCCCC=CC(=O)OC)N(CCCC/C=C/C(F)(F)C(=O)OCC)C(=O)CCCN(C)C. The van der Waals surface area contributed by atoms with Gasteiger partial charge < -0.3 is 19.3 Å². The molecule has 44 heavy (non-hydrogen) atoms. The lowest BCUT2D eigenvalue weighted by atomic mass is 9.98. The van der Waals surface area contributed by atoms with Crippen LogP contribution in [0.25, 0.3) is 0 Å². The molecule has 0 spiro atoms. The number of allylic oxidation sites excluding steroid dienone is 2. The summed E-state index contributed by atoms with van der Waals surface area (Å²) in [6, 6.07) is 0.134. The van der Waals surface area contributed by atoms with E-state index in [2.05, 4.69) is 26.2 Å².